The van der Waals surface area contributed by atoms with Gasteiger partial charge in [0.1, 0.15) is 11.4 Å². The quantitative estimate of drug-likeness (QED) is 0.837. The molecule has 3 rings (SSSR count). The van der Waals surface area contributed by atoms with Crippen LogP contribution in [0.4, 0.5) is 4.39 Å². The van der Waals surface area contributed by atoms with E-state index in [1.807, 2.05) is 24.8 Å². The van der Waals surface area contributed by atoms with Crippen molar-refractivity contribution in [2.75, 3.05) is 26.2 Å². The van der Waals surface area contributed by atoms with Crippen LogP contribution < -0.4 is 0 Å². The molecular weight excluding hydrogens is 343 g/mol. The summed E-state index contributed by atoms with van der Waals surface area (Å²) in [5.41, 5.74) is 0.170. The van der Waals surface area contributed by atoms with Crippen molar-refractivity contribution in [1.29, 1.82) is 0 Å². The summed E-state index contributed by atoms with van der Waals surface area (Å²) in [4.78, 5) is 17.0. The molecule has 0 bridgehead atoms. The second-order valence-corrected chi connectivity index (χ2v) is 7.30. The minimum atomic E-state index is -0.780. The smallest absolute Gasteiger partial charge is 0.250 e. The first-order valence-corrected chi connectivity index (χ1v) is 8.71. The fraction of sp³-hybridized carbons (Fsp3) is 0.444. The van der Waals surface area contributed by atoms with E-state index in [4.69, 9.17) is 11.6 Å². The summed E-state index contributed by atoms with van der Waals surface area (Å²) in [6, 6.07) is 6.65. The van der Waals surface area contributed by atoms with Gasteiger partial charge < -0.3 is 4.90 Å². The highest BCUT2D eigenvalue weighted by Crippen LogP contribution is 2.21. The highest BCUT2D eigenvalue weighted by molar-refractivity contribution is 6.30. The van der Waals surface area contributed by atoms with Crippen molar-refractivity contribution < 1.29 is 9.18 Å². The molecule has 0 radical (unpaired) electrons. The Morgan fingerprint density at radius 3 is 2.60 bits per heavy atom. The maximum atomic E-state index is 13.3. The molecule has 1 saturated heterocycles. The van der Waals surface area contributed by atoms with Gasteiger partial charge in [0.25, 0.3) is 0 Å². The Morgan fingerprint density at radius 2 is 2.00 bits per heavy atom. The van der Waals surface area contributed by atoms with Crippen molar-refractivity contribution in [2.45, 2.75) is 25.9 Å². The summed E-state index contributed by atoms with van der Waals surface area (Å²) < 4.78 is 14.9. The molecule has 134 valence electrons. The van der Waals surface area contributed by atoms with Crippen LogP contribution in [0.15, 0.2) is 36.7 Å². The first-order chi connectivity index (χ1) is 11.9. The van der Waals surface area contributed by atoms with Crippen LogP contribution in [0.2, 0.25) is 5.02 Å². The largest absolute Gasteiger partial charge is 0.338 e. The maximum Gasteiger partial charge on any atom is 0.250 e. The van der Waals surface area contributed by atoms with Gasteiger partial charge in [0.15, 0.2) is 0 Å². The van der Waals surface area contributed by atoms with Gasteiger partial charge in [0.05, 0.1) is 11.2 Å². The molecular formula is C18H22ClFN4O. The second kappa shape index (κ2) is 7.14. The third-order valence-electron chi connectivity index (χ3n) is 4.60. The van der Waals surface area contributed by atoms with Crippen molar-refractivity contribution in [1.82, 2.24) is 19.6 Å². The van der Waals surface area contributed by atoms with Crippen LogP contribution in [-0.2, 0) is 16.9 Å². The summed E-state index contributed by atoms with van der Waals surface area (Å²) in [6.07, 6.45) is 3.20. The van der Waals surface area contributed by atoms with Crippen LogP contribution in [0, 0.1) is 5.82 Å². The van der Waals surface area contributed by atoms with E-state index in [0.717, 1.165) is 18.7 Å². The molecule has 5 nitrogen and oxygen atoms in total. The summed E-state index contributed by atoms with van der Waals surface area (Å²) in [5, 5.41) is 4.69. The third-order valence-corrected chi connectivity index (χ3v) is 4.80. The number of carbonyl (C=O) groups excluding carboxylic acids is 1. The average Bonchev–Trinajstić information content (AvgIpc) is 3.02. The number of nitrogens with zero attached hydrogens (tertiary/aromatic N) is 4. The Bertz CT molecular complexity index is 753. The third kappa shape index (κ3) is 4.02. The zero-order valence-electron chi connectivity index (χ0n) is 14.5. The van der Waals surface area contributed by atoms with Gasteiger partial charge in [-0.15, -0.1) is 0 Å². The fourth-order valence-electron chi connectivity index (χ4n) is 3.09. The Hall–Kier alpha value is -1.92. The van der Waals surface area contributed by atoms with E-state index < -0.39 is 5.54 Å². The highest BCUT2D eigenvalue weighted by Gasteiger charge is 2.35. The van der Waals surface area contributed by atoms with Crippen molar-refractivity contribution >= 4 is 17.5 Å². The van der Waals surface area contributed by atoms with E-state index in [1.54, 1.807) is 23.0 Å². The lowest BCUT2D eigenvalue weighted by Gasteiger charge is -2.38. The Balaban J connectivity index is 1.59. The molecule has 1 amide bonds. The number of piperazine rings is 1. The molecule has 25 heavy (non-hydrogen) atoms. The summed E-state index contributed by atoms with van der Waals surface area (Å²) in [7, 11) is 0. The minimum Gasteiger partial charge on any atom is -0.338 e. The maximum absolute atomic E-state index is 13.3. The Kier molecular flexibility index (Phi) is 5.11. The SMILES string of the molecule is CC(C)(C(=O)N1CCN(Cc2cccc(F)c2)CC1)n1cc(Cl)cn1. The van der Waals surface area contributed by atoms with Gasteiger partial charge in [-0.2, -0.15) is 5.10 Å². The molecule has 0 saturated carbocycles. The van der Waals surface area contributed by atoms with Crippen LogP contribution in [0.1, 0.15) is 19.4 Å². The van der Waals surface area contributed by atoms with Crippen LogP contribution >= 0.6 is 11.6 Å². The van der Waals surface area contributed by atoms with E-state index in [2.05, 4.69) is 10.00 Å². The molecule has 1 fully saturated rings. The van der Waals surface area contributed by atoms with E-state index in [-0.39, 0.29) is 11.7 Å². The molecule has 2 aromatic rings. The van der Waals surface area contributed by atoms with E-state index >= 15 is 0 Å². The molecule has 7 heteroatoms. The van der Waals surface area contributed by atoms with Crippen molar-refractivity contribution in [2.24, 2.45) is 0 Å². The van der Waals surface area contributed by atoms with Crippen LogP contribution in [-0.4, -0.2) is 51.7 Å². The normalized spacial score (nSPS) is 16.2. The number of carbonyl (C=O) groups is 1. The molecule has 0 spiro atoms. The molecule has 1 aromatic carbocycles. The lowest BCUT2D eigenvalue weighted by molar-refractivity contribution is -0.141. The zero-order chi connectivity index (χ0) is 18.0. The molecule has 1 aromatic heterocycles. The van der Waals surface area contributed by atoms with Crippen molar-refractivity contribution in [3.05, 3.63) is 53.1 Å². The van der Waals surface area contributed by atoms with Gasteiger partial charge in [-0.3, -0.25) is 14.4 Å². The van der Waals surface area contributed by atoms with Crippen LogP contribution in [0.5, 0.6) is 0 Å². The molecule has 1 aliphatic heterocycles. The first kappa shape index (κ1) is 17.9. The van der Waals surface area contributed by atoms with Gasteiger partial charge >= 0.3 is 0 Å². The number of benzene rings is 1. The molecule has 1 aliphatic rings. The lowest BCUT2D eigenvalue weighted by Crippen LogP contribution is -2.54. The Morgan fingerprint density at radius 1 is 1.28 bits per heavy atom. The predicted octanol–water partition coefficient (Wildman–Crippen LogP) is 2.76. The molecule has 0 unspecified atom stereocenters. The number of hydrogen-bond acceptors (Lipinski definition) is 3. The summed E-state index contributed by atoms with van der Waals surface area (Å²) in [5.74, 6) is -0.191. The predicted molar refractivity (Wildman–Crippen MR) is 94.8 cm³/mol. The molecule has 0 aliphatic carbocycles. The van der Waals surface area contributed by atoms with Crippen LogP contribution in [0.3, 0.4) is 0 Å². The first-order valence-electron chi connectivity index (χ1n) is 8.33. The number of amides is 1. The Labute approximate surface area is 152 Å². The van der Waals surface area contributed by atoms with E-state index in [9.17, 15) is 9.18 Å². The molecule has 2 heterocycles. The van der Waals surface area contributed by atoms with Gasteiger partial charge in [0, 0.05) is 38.9 Å². The standard InChI is InChI=1S/C18H22ClFN4O/c1-18(2,24-13-15(19)11-21-24)17(25)23-8-6-22(7-9-23)12-14-4-3-5-16(20)10-14/h3-5,10-11,13H,6-9,12H2,1-2H3. The topological polar surface area (TPSA) is 41.4 Å². The molecule has 0 atom stereocenters. The fourth-order valence-corrected chi connectivity index (χ4v) is 3.23. The minimum absolute atomic E-state index is 0.0256. The van der Waals surface area contributed by atoms with Crippen molar-refractivity contribution in [3.8, 4) is 0 Å². The zero-order valence-corrected chi connectivity index (χ0v) is 15.2. The highest BCUT2D eigenvalue weighted by atomic mass is 35.5. The summed E-state index contributed by atoms with van der Waals surface area (Å²) in [6.45, 7) is 7.20. The lowest BCUT2D eigenvalue weighted by atomic mass is 10.0. The summed E-state index contributed by atoms with van der Waals surface area (Å²) >= 11 is 5.92. The van der Waals surface area contributed by atoms with Gasteiger partial charge in [-0.05, 0) is 31.5 Å². The van der Waals surface area contributed by atoms with Gasteiger partial charge in [-0.25, -0.2) is 4.39 Å². The second-order valence-electron chi connectivity index (χ2n) is 6.86. The number of hydrogen-bond donors (Lipinski definition) is 0. The number of halogens is 2. The van der Waals surface area contributed by atoms with E-state index in [0.29, 0.717) is 24.7 Å². The van der Waals surface area contributed by atoms with E-state index in [1.165, 1.54) is 12.3 Å². The van der Waals surface area contributed by atoms with Crippen molar-refractivity contribution in [3.63, 3.8) is 0 Å². The monoisotopic (exact) mass is 364 g/mol. The van der Waals surface area contributed by atoms with Gasteiger partial charge in [-0.1, -0.05) is 23.7 Å². The molecule has 0 N–H and O–H groups in total. The van der Waals surface area contributed by atoms with Gasteiger partial charge in [0.2, 0.25) is 5.91 Å². The van der Waals surface area contributed by atoms with Crippen LogP contribution in [0.25, 0.3) is 0 Å². The number of rotatable bonds is 4. The average molecular weight is 365 g/mol. The number of aromatic nitrogens is 2.